The molecule has 1 aliphatic carbocycles. The van der Waals surface area contributed by atoms with Gasteiger partial charge in [-0.05, 0) is 339 Å². The third-order valence-corrected chi connectivity index (χ3v) is 32.2. The predicted octanol–water partition coefficient (Wildman–Crippen LogP) is 36.5. The van der Waals surface area contributed by atoms with Gasteiger partial charge in [0.25, 0.3) is 0 Å². The molecule has 0 radical (unpaired) electrons. The zero-order valence-corrected chi connectivity index (χ0v) is 79.6. The molecule has 0 fully saturated rings. The van der Waals surface area contributed by atoms with E-state index in [4.69, 9.17) is 128 Å². The molecule has 0 N–H and O–H groups in total. The average molecular weight is 2220 g/mol. The fraction of sp³-hybridized carbons (Fsp3) is 0.139. The van der Waals surface area contributed by atoms with Crippen molar-refractivity contribution < 1.29 is 0 Å². The average Bonchev–Trinajstić information content (AvgIpc) is 0.748. The van der Waals surface area contributed by atoms with Gasteiger partial charge in [-0.25, -0.2) is 0 Å². The van der Waals surface area contributed by atoms with Crippen molar-refractivity contribution >= 4 is 347 Å². The minimum Gasteiger partial charge on any atom is -0.264 e. The maximum Gasteiger partial charge on any atom is 0.0800 e. The third-order valence-electron chi connectivity index (χ3n) is 16.3. The first kappa shape index (κ1) is 88.0. The van der Waals surface area contributed by atoms with Crippen LogP contribution >= 0.6 is 287 Å². The van der Waals surface area contributed by atoms with E-state index in [1.165, 1.54) is 80.6 Å². The Morgan fingerprint density at radius 3 is 1.30 bits per heavy atom. The summed E-state index contributed by atoms with van der Waals surface area (Å²) >= 11 is 102. The van der Waals surface area contributed by atoms with Crippen molar-refractivity contribution in [2.24, 2.45) is 0 Å². The second-order valence-corrected chi connectivity index (χ2v) is 35.3. The summed E-state index contributed by atoms with van der Waals surface area (Å²) in [5, 5.41) is 15.1. The second-order valence-electron chi connectivity index (χ2n) is 23.0. The minimum atomic E-state index is 0.135. The number of pyridine rings is 2. The van der Waals surface area contributed by atoms with E-state index in [0.29, 0.717) is 26.4 Å². The van der Waals surface area contributed by atoms with Crippen molar-refractivity contribution in [1.29, 1.82) is 0 Å². The van der Waals surface area contributed by atoms with Crippen molar-refractivity contribution in [3.63, 3.8) is 0 Å². The Labute approximate surface area is 735 Å². The maximum absolute atomic E-state index is 6.17. The van der Waals surface area contributed by atoms with Crippen molar-refractivity contribution in [3.05, 3.63) is 313 Å². The summed E-state index contributed by atoms with van der Waals surface area (Å²) < 4.78 is 10.6. The SMILES string of the molecule is Cc1c(Br)c(Br)c(Br)c2c(Br)c(Br)c(Br)c(Br)c12.Cc1c(Br)cc2c3c(cccc13)C=CC2.Cc1c(Br)cc2ccccc2c1Br.Cc1c(Cl)c(Cl)c(Cl)c2c(Cl)c(Cl)c(Cl)c(Cl)c12.Cc1c(Cl)cc2ccccc2c1Cl.Cc1ccc(Cl)cc1Cl.Cc1ccncc1C.Cc1ccncc1C. The lowest BCUT2D eigenvalue weighted by atomic mass is 9.91. The largest absolute Gasteiger partial charge is 0.264 e. The molecular weight excluding hydrogens is 2170 g/mol. The van der Waals surface area contributed by atoms with Gasteiger partial charge in [0.05, 0.1) is 40.2 Å². The van der Waals surface area contributed by atoms with Gasteiger partial charge in [0.15, 0.2) is 0 Å². The normalized spacial score (nSPS) is 11.0. The van der Waals surface area contributed by atoms with Gasteiger partial charge in [-0.2, -0.15) is 0 Å². The molecule has 14 rings (SSSR count). The van der Waals surface area contributed by atoms with Gasteiger partial charge >= 0.3 is 0 Å². The van der Waals surface area contributed by atoms with Crippen LogP contribution in [-0.2, 0) is 6.42 Å². The van der Waals surface area contributed by atoms with Crippen molar-refractivity contribution in [2.45, 2.75) is 75.7 Å². The molecule has 0 bridgehead atoms. The molecule has 2 heterocycles. The number of allylic oxidation sites excluding steroid dienone is 1. The lowest BCUT2D eigenvalue weighted by Gasteiger charge is -2.16. The Balaban J connectivity index is 0.000000166. The van der Waals surface area contributed by atoms with Gasteiger partial charge in [-0.15, -0.1) is 0 Å². The number of aryl methyl sites for hydroxylation is 8. The monoisotopic (exact) mass is 2210 g/mol. The molecule has 0 atom stereocenters. The van der Waals surface area contributed by atoms with Crippen LogP contribution in [0.5, 0.6) is 0 Å². The number of fused-ring (bicyclic) bond motifs is 4. The fourth-order valence-corrected chi connectivity index (χ4v) is 19.3. The molecule has 2 nitrogen and oxygen atoms in total. The molecule has 23 heteroatoms. The summed E-state index contributed by atoms with van der Waals surface area (Å²) in [7, 11) is 0. The standard InChI is InChI=1S/C14H11Br.C11H3Br7.C11H8Br2.C11H3Cl7.C11H8Cl2.C7H6Cl2.2C7H9N/c1-9-12-7-3-5-10-4-2-6-11(14(10)12)8-13(9)15;1-2-3-4(7(14)9(16)5(2)12)8(15)11(18)10(17)6(3)13;1-7-10(12)6-8-4-2-3-5-9(8)11(7)13;1-2-3-4(7(14)9(16)5(2)12)8(15)11(18)10(17)6(3)13;1-7-10(12)6-8-4-2-3-5-9(8)11(7)13;1-5-2-3-6(8)4-7(5)9;2*1-6-3-4-8-5-7(6)2/h2-5,7-8H,6H2,1H3;1H3;2-6H,1H3;1H3;2-6H,1H3;2-4H,1H3;2*3-5H,1-2H3. The topological polar surface area (TPSA) is 25.8 Å². The molecule has 2 aromatic heterocycles. The summed E-state index contributed by atoms with van der Waals surface area (Å²) in [6.45, 7) is 20.3. The first-order valence-electron chi connectivity index (χ1n) is 30.3. The van der Waals surface area contributed by atoms with Gasteiger partial charge in [0.1, 0.15) is 0 Å². The molecule has 0 unspecified atom stereocenters. The van der Waals surface area contributed by atoms with Crippen LogP contribution < -0.4 is 0 Å². The Kier molecular flexibility index (Phi) is 34.6. The van der Waals surface area contributed by atoms with Gasteiger partial charge < -0.3 is 0 Å². The number of aromatic nitrogens is 2. The molecule has 11 aromatic carbocycles. The van der Waals surface area contributed by atoms with E-state index in [0.717, 1.165) is 89.9 Å². The Morgan fingerprint density at radius 1 is 0.304 bits per heavy atom. The Morgan fingerprint density at radius 2 is 0.784 bits per heavy atom. The highest BCUT2D eigenvalue weighted by atomic mass is 79.9. The molecular formula is C79H57Br10Cl11N2. The lowest BCUT2D eigenvalue weighted by Crippen LogP contribution is -1.95. The maximum atomic E-state index is 6.17. The zero-order chi connectivity index (χ0) is 75.6. The summed E-state index contributed by atoms with van der Waals surface area (Å²) in [6.07, 6.45) is 12.9. The van der Waals surface area contributed by atoms with Gasteiger partial charge in [-0.1, -0.05) is 244 Å². The highest BCUT2D eigenvalue weighted by Gasteiger charge is 2.24. The minimum absolute atomic E-state index is 0.135. The van der Waals surface area contributed by atoms with Crippen molar-refractivity contribution in [3.8, 4) is 0 Å². The predicted molar refractivity (Wildman–Crippen MR) is 487 cm³/mol. The molecule has 13 aromatic rings. The van der Waals surface area contributed by atoms with Crippen LogP contribution in [0.25, 0.3) is 59.9 Å². The van der Waals surface area contributed by atoms with Crippen LogP contribution in [0.1, 0.15) is 66.8 Å². The van der Waals surface area contributed by atoms with Crippen LogP contribution in [0, 0.1) is 69.2 Å². The highest BCUT2D eigenvalue weighted by Crippen LogP contribution is 2.53. The quantitative estimate of drug-likeness (QED) is 0.112. The molecule has 1 aliphatic rings. The smallest absolute Gasteiger partial charge is 0.0800 e. The number of halogens is 21. The number of hydrogen-bond donors (Lipinski definition) is 0. The van der Waals surface area contributed by atoms with Crippen LogP contribution in [0.3, 0.4) is 0 Å². The molecule has 0 spiro atoms. The zero-order valence-electron chi connectivity index (χ0n) is 55.5. The number of nitrogens with zero attached hydrogens (tertiary/aromatic N) is 2. The van der Waals surface area contributed by atoms with E-state index in [2.05, 4.69) is 284 Å². The first-order chi connectivity index (χ1) is 48.0. The van der Waals surface area contributed by atoms with E-state index in [1.54, 1.807) is 13.0 Å². The summed E-state index contributed by atoms with van der Waals surface area (Å²) in [6, 6.07) is 38.7. The Hall–Kier alpha value is -1.25. The van der Waals surface area contributed by atoms with Crippen LogP contribution in [0.2, 0.25) is 55.2 Å². The summed E-state index contributed by atoms with van der Waals surface area (Å²) in [4.78, 5) is 7.89. The lowest BCUT2D eigenvalue weighted by molar-refractivity contribution is 1.22. The van der Waals surface area contributed by atoms with Gasteiger partial charge in [0.2, 0.25) is 0 Å². The van der Waals surface area contributed by atoms with Crippen molar-refractivity contribution in [1.82, 2.24) is 9.97 Å². The van der Waals surface area contributed by atoms with Crippen molar-refractivity contribution in [2.75, 3.05) is 0 Å². The van der Waals surface area contributed by atoms with E-state index in [-0.39, 0.29) is 30.1 Å². The van der Waals surface area contributed by atoms with E-state index >= 15 is 0 Å². The summed E-state index contributed by atoms with van der Waals surface area (Å²) in [5.74, 6) is 0. The second kappa shape index (κ2) is 40.1. The number of benzene rings is 11. The first-order valence-corrected chi connectivity index (χ1v) is 42.4. The third kappa shape index (κ3) is 21.0. The van der Waals surface area contributed by atoms with Crippen LogP contribution in [-0.4, -0.2) is 9.97 Å². The molecule has 0 saturated carbocycles. The fourth-order valence-electron chi connectivity index (χ4n) is 10.1. The number of hydrogen-bond acceptors (Lipinski definition) is 2. The van der Waals surface area contributed by atoms with E-state index in [9.17, 15) is 0 Å². The molecule has 102 heavy (non-hydrogen) atoms. The molecule has 0 aliphatic heterocycles. The van der Waals surface area contributed by atoms with E-state index < -0.39 is 0 Å². The molecule has 0 amide bonds. The van der Waals surface area contributed by atoms with Gasteiger partial charge in [0, 0.05) is 112 Å². The van der Waals surface area contributed by atoms with Gasteiger partial charge in [-0.3, -0.25) is 9.97 Å². The highest BCUT2D eigenvalue weighted by molar-refractivity contribution is 9.15. The number of rotatable bonds is 0. The summed E-state index contributed by atoms with van der Waals surface area (Å²) in [5.41, 5.74) is 14.3. The van der Waals surface area contributed by atoms with Crippen LogP contribution in [0.4, 0.5) is 0 Å². The molecule has 530 valence electrons. The van der Waals surface area contributed by atoms with E-state index in [1.807, 2.05) is 93.2 Å². The molecule has 0 saturated heterocycles. The Bertz CT molecular complexity index is 4860. The van der Waals surface area contributed by atoms with Crippen LogP contribution in [0.15, 0.2) is 191 Å².